The first-order chi connectivity index (χ1) is 8.11. The summed E-state index contributed by atoms with van der Waals surface area (Å²) >= 11 is 0. The van der Waals surface area contributed by atoms with Crippen LogP contribution in [0.5, 0.6) is 11.5 Å². The second kappa shape index (κ2) is 4.17. The second-order valence-corrected chi connectivity index (χ2v) is 3.58. The number of hydrogen-bond acceptors (Lipinski definition) is 3. The monoisotopic (exact) mass is 229 g/mol. The molecule has 4 heteroatoms. The van der Waals surface area contributed by atoms with E-state index >= 15 is 0 Å². The molecule has 0 radical (unpaired) electrons. The number of primary amides is 1. The molecule has 0 spiro atoms. The van der Waals surface area contributed by atoms with Crippen LogP contribution in [-0.4, -0.2) is 16.1 Å². The van der Waals surface area contributed by atoms with Crippen molar-refractivity contribution in [3.63, 3.8) is 0 Å². The maximum Gasteiger partial charge on any atom is 0.252 e. The fourth-order valence-electron chi connectivity index (χ4n) is 1.66. The van der Waals surface area contributed by atoms with Crippen molar-refractivity contribution in [2.75, 3.05) is 0 Å². The zero-order valence-electron chi connectivity index (χ0n) is 8.92. The van der Waals surface area contributed by atoms with Gasteiger partial charge in [-0.05, 0) is 12.1 Å². The number of carbonyl (C=O) groups excluding carboxylic acids is 1. The molecule has 2 aromatic rings. The topological polar surface area (TPSA) is 83.6 Å². The Kier molecular flexibility index (Phi) is 2.70. The molecule has 0 aliphatic rings. The van der Waals surface area contributed by atoms with Crippen LogP contribution in [0.15, 0.2) is 42.5 Å². The Bertz CT molecular complexity index is 579. The van der Waals surface area contributed by atoms with Gasteiger partial charge in [-0.1, -0.05) is 30.3 Å². The van der Waals surface area contributed by atoms with Crippen LogP contribution in [0.3, 0.4) is 0 Å². The first-order valence-corrected chi connectivity index (χ1v) is 5.01. The van der Waals surface area contributed by atoms with Gasteiger partial charge in [0.05, 0.1) is 5.56 Å². The van der Waals surface area contributed by atoms with Gasteiger partial charge in [0.2, 0.25) is 0 Å². The van der Waals surface area contributed by atoms with Gasteiger partial charge < -0.3 is 15.9 Å². The molecule has 4 nitrogen and oxygen atoms in total. The highest BCUT2D eigenvalue weighted by Crippen LogP contribution is 2.36. The molecule has 0 bridgehead atoms. The summed E-state index contributed by atoms with van der Waals surface area (Å²) < 4.78 is 0. The average molecular weight is 229 g/mol. The maximum atomic E-state index is 11.1. The van der Waals surface area contributed by atoms with Gasteiger partial charge in [-0.2, -0.15) is 0 Å². The van der Waals surface area contributed by atoms with E-state index in [0.29, 0.717) is 11.1 Å². The minimum absolute atomic E-state index is 0.0319. The molecule has 0 saturated carbocycles. The van der Waals surface area contributed by atoms with Crippen molar-refractivity contribution < 1.29 is 15.0 Å². The summed E-state index contributed by atoms with van der Waals surface area (Å²) in [5, 5.41) is 19.6. The molecular formula is C13H11NO3. The number of para-hydroxylation sites is 2. The largest absolute Gasteiger partial charge is 0.507 e. The Hall–Kier alpha value is -2.49. The minimum atomic E-state index is -0.709. The van der Waals surface area contributed by atoms with Crippen molar-refractivity contribution in [3.8, 4) is 22.6 Å². The quantitative estimate of drug-likeness (QED) is 0.735. The van der Waals surface area contributed by atoms with Gasteiger partial charge in [-0.15, -0.1) is 0 Å². The van der Waals surface area contributed by atoms with E-state index < -0.39 is 5.91 Å². The fraction of sp³-hybridized carbons (Fsp3) is 0. The Balaban J connectivity index is 2.65. The molecular weight excluding hydrogens is 218 g/mol. The van der Waals surface area contributed by atoms with E-state index in [1.165, 1.54) is 12.1 Å². The minimum Gasteiger partial charge on any atom is -0.507 e. The molecule has 1 amide bonds. The summed E-state index contributed by atoms with van der Waals surface area (Å²) in [6, 6.07) is 11.2. The number of phenols is 2. The summed E-state index contributed by atoms with van der Waals surface area (Å²) in [5.74, 6) is -0.898. The van der Waals surface area contributed by atoms with E-state index in [1.807, 2.05) is 0 Å². The average Bonchev–Trinajstić information content (AvgIpc) is 2.30. The van der Waals surface area contributed by atoms with Gasteiger partial charge in [0.15, 0.2) is 0 Å². The molecule has 86 valence electrons. The Morgan fingerprint density at radius 1 is 0.941 bits per heavy atom. The Morgan fingerprint density at radius 3 is 2.24 bits per heavy atom. The molecule has 2 aromatic carbocycles. The molecule has 0 aliphatic carbocycles. The highest BCUT2D eigenvalue weighted by molar-refractivity contribution is 5.98. The maximum absolute atomic E-state index is 11.1. The number of benzene rings is 2. The van der Waals surface area contributed by atoms with Crippen molar-refractivity contribution in [2.24, 2.45) is 5.73 Å². The normalized spacial score (nSPS) is 10.1. The summed E-state index contributed by atoms with van der Waals surface area (Å²) in [6.45, 7) is 0. The van der Waals surface area contributed by atoms with Crippen LogP contribution in [0, 0.1) is 0 Å². The lowest BCUT2D eigenvalue weighted by Crippen LogP contribution is -2.11. The number of carbonyl (C=O) groups is 1. The zero-order valence-corrected chi connectivity index (χ0v) is 8.92. The lowest BCUT2D eigenvalue weighted by atomic mass is 10.0. The van der Waals surface area contributed by atoms with Crippen LogP contribution in [-0.2, 0) is 0 Å². The summed E-state index contributed by atoms with van der Waals surface area (Å²) in [6.07, 6.45) is 0. The van der Waals surface area contributed by atoms with Crippen LogP contribution >= 0.6 is 0 Å². The first kappa shape index (κ1) is 11.0. The molecule has 0 unspecified atom stereocenters. The highest BCUT2D eigenvalue weighted by Gasteiger charge is 2.14. The van der Waals surface area contributed by atoms with Crippen molar-refractivity contribution in [1.29, 1.82) is 0 Å². The van der Waals surface area contributed by atoms with Crippen LogP contribution < -0.4 is 5.73 Å². The number of rotatable bonds is 2. The van der Waals surface area contributed by atoms with Crippen molar-refractivity contribution in [2.45, 2.75) is 0 Å². The molecule has 17 heavy (non-hydrogen) atoms. The van der Waals surface area contributed by atoms with Crippen molar-refractivity contribution in [3.05, 3.63) is 48.0 Å². The van der Waals surface area contributed by atoms with E-state index in [1.54, 1.807) is 30.3 Å². The van der Waals surface area contributed by atoms with Gasteiger partial charge in [0.25, 0.3) is 5.91 Å². The fourth-order valence-corrected chi connectivity index (χ4v) is 1.66. The van der Waals surface area contributed by atoms with E-state index in [4.69, 9.17) is 5.73 Å². The standard InChI is InChI=1S/C13H11NO3/c14-13(17)10-6-3-5-9(12(10)16)8-4-1-2-7-11(8)15/h1-7,15-16H,(H2,14,17). The molecule has 0 heterocycles. The van der Waals surface area contributed by atoms with Gasteiger partial charge in [0, 0.05) is 11.1 Å². The predicted molar refractivity (Wildman–Crippen MR) is 63.7 cm³/mol. The molecule has 0 aliphatic heterocycles. The smallest absolute Gasteiger partial charge is 0.252 e. The third kappa shape index (κ3) is 1.92. The number of amides is 1. The van der Waals surface area contributed by atoms with E-state index in [0.717, 1.165) is 0 Å². The molecule has 2 rings (SSSR count). The van der Waals surface area contributed by atoms with E-state index in [9.17, 15) is 15.0 Å². The van der Waals surface area contributed by atoms with Gasteiger partial charge >= 0.3 is 0 Å². The molecule has 4 N–H and O–H groups in total. The lowest BCUT2D eigenvalue weighted by molar-refractivity contribution is 0.0998. The third-order valence-electron chi connectivity index (χ3n) is 2.50. The third-order valence-corrected chi connectivity index (χ3v) is 2.50. The molecule has 0 fully saturated rings. The van der Waals surface area contributed by atoms with Crippen LogP contribution in [0.4, 0.5) is 0 Å². The van der Waals surface area contributed by atoms with E-state index in [-0.39, 0.29) is 17.1 Å². The number of phenolic OH excluding ortho intramolecular Hbond substituents is 1. The van der Waals surface area contributed by atoms with Crippen molar-refractivity contribution >= 4 is 5.91 Å². The summed E-state index contributed by atoms with van der Waals surface area (Å²) in [7, 11) is 0. The highest BCUT2D eigenvalue weighted by atomic mass is 16.3. The predicted octanol–water partition coefficient (Wildman–Crippen LogP) is 1.86. The second-order valence-electron chi connectivity index (χ2n) is 3.58. The van der Waals surface area contributed by atoms with Gasteiger partial charge in [-0.25, -0.2) is 0 Å². The van der Waals surface area contributed by atoms with Crippen LogP contribution in [0.1, 0.15) is 10.4 Å². The SMILES string of the molecule is NC(=O)c1cccc(-c2ccccc2O)c1O. The zero-order chi connectivity index (χ0) is 12.4. The Labute approximate surface area is 97.9 Å². The van der Waals surface area contributed by atoms with E-state index in [2.05, 4.69) is 0 Å². The van der Waals surface area contributed by atoms with Gasteiger partial charge in [0.1, 0.15) is 11.5 Å². The van der Waals surface area contributed by atoms with Crippen molar-refractivity contribution in [1.82, 2.24) is 0 Å². The molecule has 0 aromatic heterocycles. The summed E-state index contributed by atoms with van der Waals surface area (Å²) in [4.78, 5) is 11.1. The molecule has 0 saturated heterocycles. The van der Waals surface area contributed by atoms with Crippen LogP contribution in [0.25, 0.3) is 11.1 Å². The lowest BCUT2D eigenvalue weighted by Gasteiger charge is -2.09. The van der Waals surface area contributed by atoms with Gasteiger partial charge in [-0.3, -0.25) is 4.79 Å². The molecule has 0 atom stereocenters. The summed E-state index contributed by atoms with van der Waals surface area (Å²) in [5.41, 5.74) is 6.00. The first-order valence-electron chi connectivity index (χ1n) is 5.01. The number of hydrogen-bond donors (Lipinski definition) is 3. The van der Waals surface area contributed by atoms with Crippen LogP contribution in [0.2, 0.25) is 0 Å². The number of nitrogens with two attached hydrogens (primary N) is 1. The Morgan fingerprint density at radius 2 is 1.59 bits per heavy atom. The number of aromatic hydroxyl groups is 2.